The van der Waals surface area contributed by atoms with E-state index in [-0.39, 0.29) is 5.91 Å². The van der Waals surface area contributed by atoms with Crippen molar-refractivity contribution in [2.45, 2.75) is 26.6 Å². The Kier molecular flexibility index (Phi) is 6.63. The molecule has 0 bridgehead atoms. The van der Waals surface area contributed by atoms with Gasteiger partial charge in [0.05, 0.1) is 19.4 Å². The molecule has 0 unspecified atom stereocenters. The Labute approximate surface area is 158 Å². The van der Waals surface area contributed by atoms with Crippen molar-refractivity contribution in [3.63, 3.8) is 0 Å². The van der Waals surface area contributed by atoms with E-state index in [1.807, 2.05) is 53.4 Å². The molecule has 0 fully saturated rings. The van der Waals surface area contributed by atoms with Crippen molar-refractivity contribution in [2.24, 2.45) is 0 Å². The topological polar surface area (TPSA) is 36.7 Å². The second-order valence-electron chi connectivity index (χ2n) is 6.20. The molecule has 5 heteroatoms. The fraction of sp³-hybridized carbons (Fsp3) is 0.286. The molecular formula is C21H24N2O2S. The number of carbonyl (C=O) groups excluding carboxylic acids is 1. The lowest BCUT2D eigenvalue weighted by atomic mass is 10.2. The summed E-state index contributed by atoms with van der Waals surface area (Å²) < 4.78 is 5.46. The smallest absolute Gasteiger partial charge is 0.237 e. The summed E-state index contributed by atoms with van der Waals surface area (Å²) >= 11 is 1.73. The normalized spacial score (nSPS) is 11.0. The lowest BCUT2D eigenvalue weighted by molar-refractivity contribution is -0.134. The van der Waals surface area contributed by atoms with E-state index in [0.717, 1.165) is 24.4 Å². The number of thiophene rings is 1. The highest BCUT2D eigenvalue weighted by Crippen LogP contribution is 2.14. The van der Waals surface area contributed by atoms with E-state index in [0.29, 0.717) is 19.6 Å². The number of carbonyl (C=O) groups is 1. The standard InChI is InChI=1S/C21H24N2O2S/c1-2-22(16-20-11-7-13-26-20)17-21(24)23(15-19-10-6-12-25-19)14-18-8-4-3-5-9-18/h3-13H,2,14-17H2,1H3. The maximum atomic E-state index is 13.0. The molecule has 1 aromatic carbocycles. The van der Waals surface area contributed by atoms with Crippen molar-refractivity contribution in [1.29, 1.82) is 0 Å². The Morgan fingerprint density at radius 3 is 2.50 bits per heavy atom. The van der Waals surface area contributed by atoms with Crippen LogP contribution in [0.15, 0.2) is 70.7 Å². The minimum atomic E-state index is 0.114. The number of likely N-dealkylation sites (N-methyl/N-ethyl adjacent to an activating group) is 1. The first-order valence-corrected chi connectivity index (χ1v) is 9.71. The molecule has 1 amide bonds. The predicted octanol–water partition coefficient (Wildman–Crippen LogP) is 4.39. The van der Waals surface area contributed by atoms with E-state index in [2.05, 4.69) is 23.3 Å². The summed E-state index contributed by atoms with van der Waals surface area (Å²) in [6.45, 7) is 5.20. The van der Waals surface area contributed by atoms with Gasteiger partial charge in [-0.15, -0.1) is 11.3 Å². The van der Waals surface area contributed by atoms with Crippen LogP contribution in [0, 0.1) is 0 Å². The number of hydrogen-bond acceptors (Lipinski definition) is 4. The van der Waals surface area contributed by atoms with Crippen molar-refractivity contribution < 1.29 is 9.21 Å². The van der Waals surface area contributed by atoms with Crippen LogP contribution in [-0.2, 0) is 24.4 Å². The maximum Gasteiger partial charge on any atom is 0.237 e. The van der Waals surface area contributed by atoms with Gasteiger partial charge in [-0.3, -0.25) is 9.69 Å². The summed E-state index contributed by atoms with van der Waals surface area (Å²) in [7, 11) is 0. The van der Waals surface area contributed by atoms with Crippen LogP contribution < -0.4 is 0 Å². The molecule has 0 aliphatic rings. The molecule has 0 N–H and O–H groups in total. The van der Waals surface area contributed by atoms with Gasteiger partial charge < -0.3 is 9.32 Å². The van der Waals surface area contributed by atoms with E-state index in [1.54, 1.807) is 17.6 Å². The highest BCUT2D eigenvalue weighted by atomic mass is 32.1. The minimum absolute atomic E-state index is 0.114. The molecule has 0 saturated carbocycles. The highest BCUT2D eigenvalue weighted by molar-refractivity contribution is 7.09. The summed E-state index contributed by atoms with van der Waals surface area (Å²) in [4.78, 5) is 18.3. The van der Waals surface area contributed by atoms with Gasteiger partial charge in [0.15, 0.2) is 0 Å². The van der Waals surface area contributed by atoms with Gasteiger partial charge in [-0.05, 0) is 35.7 Å². The van der Waals surface area contributed by atoms with Gasteiger partial charge >= 0.3 is 0 Å². The van der Waals surface area contributed by atoms with Crippen molar-refractivity contribution in [1.82, 2.24) is 9.80 Å². The molecule has 3 rings (SSSR count). The number of rotatable bonds is 9. The zero-order valence-electron chi connectivity index (χ0n) is 15.0. The lowest BCUT2D eigenvalue weighted by Gasteiger charge is -2.26. The van der Waals surface area contributed by atoms with Gasteiger partial charge in [0, 0.05) is 18.0 Å². The Balaban J connectivity index is 1.68. The molecule has 0 spiro atoms. The summed E-state index contributed by atoms with van der Waals surface area (Å²) in [6, 6.07) is 18.0. The zero-order valence-corrected chi connectivity index (χ0v) is 15.8. The SMILES string of the molecule is CCN(CC(=O)N(Cc1ccccc1)Cc1ccco1)Cc1cccs1. The van der Waals surface area contributed by atoms with Crippen LogP contribution in [0.25, 0.3) is 0 Å². The van der Waals surface area contributed by atoms with Crippen molar-refractivity contribution in [3.05, 3.63) is 82.4 Å². The molecule has 0 atom stereocenters. The molecule has 136 valence electrons. The summed E-state index contributed by atoms with van der Waals surface area (Å²) in [5, 5.41) is 2.07. The maximum absolute atomic E-state index is 13.0. The van der Waals surface area contributed by atoms with E-state index < -0.39 is 0 Å². The zero-order chi connectivity index (χ0) is 18.2. The first-order chi connectivity index (χ1) is 12.7. The van der Waals surface area contributed by atoms with Crippen LogP contribution in [-0.4, -0.2) is 28.8 Å². The quantitative estimate of drug-likeness (QED) is 0.562. The molecule has 2 aromatic heterocycles. The van der Waals surface area contributed by atoms with E-state index in [4.69, 9.17) is 4.42 Å². The van der Waals surface area contributed by atoms with E-state index >= 15 is 0 Å². The number of benzene rings is 1. The van der Waals surface area contributed by atoms with Crippen LogP contribution in [0.2, 0.25) is 0 Å². The first-order valence-electron chi connectivity index (χ1n) is 8.83. The number of furan rings is 1. The second kappa shape index (κ2) is 9.36. The van der Waals surface area contributed by atoms with E-state index in [9.17, 15) is 4.79 Å². The fourth-order valence-electron chi connectivity index (χ4n) is 2.82. The average Bonchev–Trinajstić information content (AvgIpc) is 3.35. The van der Waals surface area contributed by atoms with Crippen LogP contribution in [0.3, 0.4) is 0 Å². The van der Waals surface area contributed by atoms with Gasteiger partial charge in [-0.25, -0.2) is 0 Å². The molecule has 0 radical (unpaired) electrons. The third-order valence-corrected chi connectivity index (χ3v) is 5.12. The van der Waals surface area contributed by atoms with Crippen molar-refractivity contribution >= 4 is 17.2 Å². The van der Waals surface area contributed by atoms with Gasteiger partial charge in [-0.2, -0.15) is 0 Å². The summed E-state index contributed by atoms with van der Waals surface area (Å²) in [5.74, 6) is 0.916. The fourth-order valence-corrected chi connectivity index (χ4v) is 3.57. The van der Waals surface area contributed by atoms with E-state index in [1.165, 1.54) is 4.88 Å². The van der Waals surface area contributed by atoms with Gasteiger partial charge in [-0.1, -0.05) is 43.3 Å². The van der Waals surface area contributed by atoms with Crippen LogP contribution in [0.5, 0.6) is 0 Å². The second-order valence-corrected chi connectivity index (χ2v) is 7.23. The molecule has 0 saturated heterocycles. The van der Waals surface area contributed by atoms with Gasteiger partial charge in [0.25, 0.3) is 0 Å². The lowest BCUT2D eigenvalue weighted by Crippen LogP contribution is -2.39. The van der Waals surface area contributed by atoms with Crippen LogP contribution >= 0.6 is 11.3 Å². The number of hydrogen-bond donors (Lipinski definition) is 0. The van der Waals surface area contributed by atoms with Crippen LogP contribution in [0.4, 0.5) is 0 Å². The Hall–Kier alpha value is -2.37. The molecule has 26 heavy (non-hydrogen) atoms. The van der Waals surface area contributed by atoms with Gasteiger partial charge in [0.2, 0.25) is 5.91 Å². The largest absolute Gasteiger partial charge is 0.467 e. The summed E-state index contributed by atoms with van der Waals surface area (Å²) in [5.41, 5.74) is 1.12. The average molecular weight is 369 g/mol. The Morgan fingerprint density at radius 1 is 1.00 bits per heavy atom. The highest BCUT2D eigenvalue weighted by Gasteiger charge is 2.19. The first kappa shape index (κ1) is 18.4. The number of nitrogens with zero attached hydrogens (tertiary/aromatic N) is 2. The number of amides is 1. The Bertz CT molecular complexity index is 770. The molecule has 0 aliphatic carbocycles. The third-order valence-electron chi connectivity index (χ3n) is 4.26. The molecule has 0 aliphatic heterocycles. The van der Waals surface area contributed by atoms with Crippen LogP contribution in [0.1, 0.15) is 23.1 Å². The van der Waals surface area contributed by atoms with Crippen molar-refractivity contribution in [3.8, 4) is 0 Å². The third kappa shape index (κ3) is 5.31. The Morgan fingerprint density at radius 2 is 1.85 bits per heavy atom. The molecule has 3 aromatic rings. The van der Waals surface area contributed by atoms with Gasteiger partial charge in [0.1, 0.15) is 5.76 Å². The molecular weight excluding hydrogens is 344 g/mol. The van der Waals surface area contributed by atoms with Crippen molar-refractivity contribution in [2.75, 3.05) is 13.1 Å². The molecule has 4 nitrogen and oxygen atoms in total. The monoisotopic (exact) mass is 368 g/mol. The molecule has 2 heterocycles. The minimum Gasteiger partial charge on any atom is -0.467 e. The summed E-state index contributed by atoms with van der Waals surface area (Å²) in [6.07, 6.45) is 1.65. The predicted molar refractivity (Wildman–Crippen MR) is 105 cm³/mol.